The zero-order valence-electron chi connectivity index (χ0n) is 13.2. The summed E-state index contributed by atoms with van der Waals surface area (Å²) in [4.78, 5) is 0. The molecule has 22 heavy (non-hydrogen) atoms. The average molecular weight is 310 g/mol. The molecular weight excluding hydrogens is 288 g/mol. The van der Waals surface area contributed by atoms with Gasteiger partial charge in [0, 0.05) is 0 Å². The topological polar surface area (TPSA) is 17.1 Å². The van der Waals surface area contributed by atoms with Crippen molar-refractivity contribution in [3.8, 4) is 0 Å². The first kappa shape index (κ1) is 16.5. The molecule has 0 aliphatic heterocycles. The fourth-order valence-corrected chi connectivity index (χ4v) is 4.59. The maximum absolute atomic E-state index is 13.6. The van der Waals surface area contributed by atoms with Crippen LogP contribution in [0.3, 0.4) is 0 Å². The van der Waals surface area contributed by atoms with E-state index < -0.39 is 20.3 Å². The van der Waals surface area contributed by atoms with Gasteiger partial charge in [0.05, 0.1) is 20.3 Å². The van der Waals surface area contributed by atoms with Crippen LogP contribution in [0.2, 0.25) is 0 Å². The van der Waals surface area contributed by atoms with Gasteiger partial charge in [0.2, 0.25) is 0 Å². The SMILES string of the molecule is CC=C=CC1(S(=O)C2(C=C=CC)C=CC=CC2)C=CC=CC1. The summed E-state index contributed by atoms with van der Waals surface area (Å²) >= 11 is 0. The second-order valence-corrected chi connectivity index (χ2v) is 7.42. The molecule has 2 atom stereocenters. The second-order valence-electron chi connectivity index (χ2n) is 5.36. The summed E-state index contributed by atoms with van der Waals surface area (Å²) in [5, 5.41) is 0. The van der Waals surface area contributed by atoms with Crippen LogP contribution < -0.4 is 0 Å². The molecule has 0 radical (unpaired) electrons. The van der Waals surface area contributed by atoms with E-state index in [1.165, 1.54) is 0 Å². The molecule has 0 aromatic rings. The monoisotopic (exact) mass is 310 g/mol. The predicted octanol–water partition coefficient (Wildman–Crippen LogP) is 4.71. The van der Waals surface area contributed by atoms with Crippen LogP contribution in [-0.4, -0.2) is 13.7 Å². The molecule has 2 aliphatic carbocycles. The average Bonchev–Trinajstić information content (AvgIpc) is 2.59. The van der Waals surface area contributed by atoms with E-state index in [0.29, 0.717) is 0 Å². The summed E-state index contributed by atoms with van der Waals surface area (Å²) in [6.07, 6.45) is 25.2. The molecule has 114 valence electrons. The summed E-state index contributed by atoms with van der Waals surface area (Å²) in [6, 6.07) is 0. The second kappa shape index (κ2) is 7.42. The fourth-order valence-electron chi connectivity index (χ4n) is 2.63. The van der Waals surface area contributed by atoms with Crippen molar-refractivity contribution in [2.24, 2.45) is 0 Å². The van der Waals surface area contributed by atoms with Crippen molar-refractivity contribution in [1.29, 1.82) is 0 Å². The van der Waals surface area contributed by atoms with Crippen LogP contribution in [-0.2, 0) is 10.8 Å². The Labute approximate surface area is 136 Å². The summed E-state index contributed by atoms with van der Waals surface area (Å²) < 4.78 is 12.5. The summed E-state index contributed by atoms with van der Waals surface area (Å²) in [5.74, 6) is 0. The maximum Gasteiger partial charge on any atom is 0.0941 e. The predicted molar refractivity (Wildman–Crippen MR) is 96.1 cm³/mol. The zero-order valence-corrected chi connectivity index (χ0v) is 14.0. The van der Waals surface area contributed by atoms with E-state index in [4.69, 9.17) is 0 Å². The lowest BCUT2D eigenvalue weighted by Crippen LogP contribution is -2.44. The van der Waals surface area contributed by atoms with Gasteiger partial charge >= 0.3 is 0 Å². The molecule has 0 bridgehead atoms. The largest absolute Gasteiger partial charge is 0.257 e. The highest BCUT2D eigenvalue weighted by molar-refractivity contribution is 7.88. The van der Waals surface area contributed by atoms with E-state index in [0.717, 1.165) is 12.8 Å². The molecule has 0 aromatic heterocycles. The molecule has 0 N–H and O–H groups in total. The van der Waals surface area contributed by atoms with Crippen LogP contribution in [0.25, 0.3) is 0 Å². The number of hydrogen-bond donors (Lipinski definition) is 0. The molecule has 1 nitrogen and oxygen atoms in total. The molecular formula is C20H22OS. The maximum atomic E-state index is 13.6. The van der Waals surface area contributed by atoms with Crippen molar-refractivity contribution in [1.82, 2.24) is 0 Å². The van der Waals surface area contributed by atoms with Crippen molar-refractivity contribution in [2.45, 2.75) is 36.2 Å². The van der Waals surface area contributed by atoms with Crippen molar-refractivity contribution in [3.05, 3.63) is 84.4 Å². The molecule has 2 aliphatic rings. The third kappa shape index (κ3) is 3.31. The third-order valence-corrected chi connectivity index (χ3v) is 6.03. The Morgan fingerprint density at radius 1 is 0.864 bits per heavy atom. The highest BCUT2D eigenvalue weighted by Gasteiger charge is 2.43. The number of rotatable bonds is 4. The van der Waals surface area contributed by atoms with E-state index in [1.54, 1.807) is 0 Å². The lowest BCUT2D eigenvalue weighted by molar-refractivity contribution is 0.642. The highest BCUT2D eigenvalue weighted by Crippen LogP contribution is 2.38. The first-order valence-electron chi connectivity index (χ1n) is 7.56. The van der Waals surface area contributed by atoms with Crippen LogP contribution >= 0.6 is 0 Å². The molecule has 2 unspecified atom stereocenters. The molecule has 0 saturated carbocycles. The van der Waals surface area contributed by atoms with Gasteiger partial charge in [-0.3, -0.25) is 4.21 Å². The lowest BCUT2D eigenvalue weighted by Gasteiger charge is -2.36. The molecule has 2 heteroatoms. The Balaban J connectivity index is 2.53. The van der Waals surface area contributed by atoms with Gasteiger partial charge in [-0.15, -0.1) is 11.5 Å². The minimum Gasteiger partial charge on any atom is -0.257 e. The summed E-state index contributed by atoms with van der Waals surface area (Å²) in [6.45, 7) is 3.85. The van der Waals surface area contributed by atoms with Gasteiger partial charge in [0.1, 0.15) is 0 Å². The van der Waals surface area contributed by atoms with E-state index in [-0.39, 0.29) is 0 Å². The molecule has 0 heterocycles. The molecule has 0 fully saturated rings. The Morgan fingerprint density at radius 3 is 1.64 bits per heavy atom. The smallest absolute Gasteiger partial charge is 0.0941 e. The van der Waals surface area contributed by atoms with Crippen LogP contribution in [0.15, 0.2) is 84.4 Å². The van der Waals surface area contributed by atoms with Gasteiger partial charge in [-0.1, -0.05) is 48.6 Å². The molecule has 0 amide bonds. The van der Waals surface area contributed by atoms with Crippen molar-refractivity contribution >= 4 is 10.8 Å². The van der Waals surface area contributed by atoms with Crippen LogP contribution in [0.4, 0.5) is 0 Å². The fraction of sp³-hybridized carbons (Fsp3) is 0.300. The van der Waals surface area contributed by atoms with Gasteiger partial charge in [-0.2, -0.15) is 0 Å². The van der Waals surface area contributed by atoms with Gasteiger partial charge in [0.15, 0.2) is 0 Å². The van der Waals surface area contributed by atoms with E-state index >= 15 is 0 Å². The first-order valence-corrected chi connectivity index (χ1v) is 8.71. The summed E-state index contributed by atoms with van der Waals surface area (Å²) in [7, 11) is -1.17. The van der Waals surface area contributed by atoms with E-state index in [2.05, 4.69) is 23.6 Å². The van der Waals surface area contributed by atoms with Crippen LogP contribution in [0.5, 0.6) is 0 Å². The van der Waals surface area contributed by atoms with Crippen LogP contribution in [0.1, 0.15) is 26.7 Å². The van der Waals surface area contributed by atoms with Crippen molar-refractivity contribution < 1.29 is 4.21 Å². The lowest BCUT2D eigenvalue weighted by atomic mass is 9.98. The van der Waals surface area contributed by atoms with Crippen molar-refractivity contribution in [3.63, 3.8) is 0 Å². The van der Waals surface area contributed by atoms with Gasteiger partial charge in [-0.25, -0.2) is 0 Å². The quantitative estimate of drug-likeness (QED) is 0.687. The Morgan fingerprint density at radius 2 is 1.32 bits per heavy atom. The normalized spacial score (nSPS) is 30.1. The first-order chi connectivity index (χ1) is 10.7. The van der Waals surface area contributed by atoms with Gasteiger partial charge < -0.3 is 0 Å². The van der Waals surface area contributed by atoms with Crippen molar-refractivity contribution in [2.75, 3.05) is 0 Å². The van der Waals surface area contributed by atoms with Crippen LogP contribution in [0, 0.1) is 0 Å². The number of hydrogen-bond acceptors (Lipinski definition) is 1. The third-order valence-electron chi connectivity index (χ3n) is 3.80. The van der Waals surface area contributed by atoms with Gasteiger partial charge in [-0.05, 0) is 51.0 Å². The minimum atomic E-state index is -1.17. The standard InChI is InChI=1S/C20H22OS/c1-3-5-13-19(15-9-7-10-16-19)22(21)20(14-6-4-2)17-11-8-12-18-20/h3-4,7-15,17H,16,18H2,1-2H3. The highest BCUT2D eigenvalue weighted by atomic mass is 32.2. The van der Waals surface area contributed by atoms with E-state index in [1.807, 2.05) is 74.6 Å². The Kier molecular flexibility index (Phi) is 5.57. The molecule has 0 aromatic carbocycles. The molecule has 0 saturated heterocycles. The zero-order chi connectivity index (χ0) is 15.9. The van der Waals surface area contributed by atoms with Gasteiger partial charge in [0.25, 0.3) is 0 Å². The molecule has 2 rings (SSSR count). The Hall–Kier alpha value is -1.85. The Bertz CT molecular complexity index is 618. The van der Waals surface area contributed by atoms with E-state index in [9.17, 15) is 4.21 Å². The molecule has 0 spiro atoms. The number of allylic oxidation sites excluding steroid dienone is 6. The minimum absolute atomic E-state index is 0.525. The summed E-state index contributed by atoms with van der Waals surface area (Å²) in [5.41, 5.74) is 6.28.